The fourth-order valence-electron chi connectivity index (χ4n) is 1.41. The number of rotatable bonds is 4. The van der Waals surface area contributed by atoms with Crippen LogP contribution in [0.4, 0.5) is 18.9 Å². The molecule has 0 saturated carbocycles. The van der Waals surface area contributed by atoms with Crippen molar-refractivity contribution in [1.29, 1.82) is 0 Å². The van der Waals surface area contributed by atoms with Crippen molar-refractivity contribution in [3.05, 3.63) is 28.2 Å². The molecule has 1 aromatic rings. The Morgan fingerprint density at radius 2 is 2.16 bits per heavy atom. The summed E-state index contributed by atoms with van der Waals surface area (Å²) >= 11 is 0. The molecule has 8 heteroatoms. The molecule has 0 aromatic carbocycles. The van der Waals surface area contributed by atoms with Crippen LogP contribution in [0.3, 0.4) is 0 Å². The van der Waals surface area contributed by atoms with Crippen LogP contribution in [0.25, 0.3) is 0 Å². The number of halogens is 3. The summed E-state index contributed by atoms with van der Waals surface area (Å²) in [5.74, 6) is -0.688. The molecule has 0 bridgehead atoms. The molecule has 0 spiro atoms. The van der Waals surface area contributed by atoms with Crippen molar-refractivity contribution in [2.24, 2.45) is 5.73 Å². The van der Waals surface area contributed by atoms with Gasteiger partial charge in [-0.3, -0.25) is 9.59 Å². The third-order valence-corrected chi connectivity index (χ3v) is 2.42. The van der Waals surface area contributed by atoms with Crippen LogP contribution >= 0.6 is 0 Å². The first kappa shape index (κ1) is 15.2. The summed E-state index contributed by atoms with van der Waals surface area (Å²) in [5.41, 5.74) is 3.17. The van der Waals surface area contributed by atoms with E-state index in [4.69, 9.17) is 5.73 Å². The van der Waals surface area contributed by atoms with Gasteiger partial charge in [-0.05, 0) is 12.5 Å². The number of pyridine rings is 1. The number of nitrogens with two attached hydrogens (primary N) is 1. The molecular weight excluding hydrogens is 263 g/mol. The Kier molecular flexibility index (Phi) is 4.71. The average Bonchev–Trinajstić information content (AvgIpc) is 2.30. The molecule has 1 amide bonds. The van der Waals surface area contributed by atoms with Crippen molar-refractivity contribution < 1.29 is 18.0 Å². The summed E-state index contributed by atoms with van der Waals surface area (Å²) in [7, 11) is 0. The number of carbonyl (C=O) groups excluding carboxylic acids is 1. The molecule has 106 valence electrons. The van der Waals surface area contributed by atoms with Gasteiger partial charge in [0.05, 0.1) is 11.6 Å². The van der Waals surface area contributed by atoms with E-state index in [2.05, 4.69) is 5.32 Å². The van der Waals surface area contributed by atoms with E-state index < -0.39 is 34.9 Å². The van der Waals surface area contributed by atoms with E-state index in [1.807, 2.05) is 11.9 Å². The Labute approximate surface area is 107 Å². The minimum absolute atomic E-state index is 0.378. The first-order valence-electron chi connectivity index (χ1n) is 5.62. The SMILES string of the molecule is CCC[C@H](N)C(=O)Nc1cc(C(F)(F)F)c[nH]c1=O. The lowest BCUT2D eigenvalue weighted by Crippen LogP contribution is -2.36. The van der Waals surface area contributed by atoms with Crippen molar-refractivity contribution in [2.75, 3.05) is 5.32 Å². The number of alkyl halides is 3. The van der Waals surface area contributed by atoms with E-state index in [9.17, 15) is 22.8 Å². The first-order valence-corrected chi connectivity index (χ1v) is 5.62. The van der Waals surface area contributed by atoms with Crippen LogP contribution in [-0.2, 0) is 11.0 Å². The smallest absolute Gasteiger partial charge is 0.327 e. The Bertz CT molecular complexity index is 511. The molecule has 0 radical (unpaired) electrons. The zero-order valence-corrected chi connectivity index (χ0v) is 10.2. The van der Waals surface area contributed by atoms with Gasteiger partial charge < -0.3 is 16.0 Å². The van der Waals surface area contributed by atoms with Gasteiger partial charge in [-0.25, -0.2) is 0 Å². The van der Waals surface area contributed by atoms with Crippen LogP contribution < -0.4 is 16.6 Å². The fourth-order valence-corrected chi connectivity index (χ4v) is 1.41. The third kappa shape index (κ3) is 4.09. The minimum Gasteiger partial charge on any atom is -0.327 e. The number of hydrogen-bond acceptors (Lipinski definition) is 3. The van der Waals surface area contributed by atoms with Gasteiger partial charge in [0.1, 0.15) is 5.69 Å². The van der Waals surface area contributed by atoms with Crippen LogP contribution in [0.1, 0.15) is 25.3 Å². The van der Waals surface area contributed by atoms with E-state index in [0.29, 0.717) is 25.1 Å². The predicted molar refractivity (Wildman–Crippen MR) is 63.6 cm³/mol. The van der Waals surface area contributed by atoms with Gasteiger partial charge in [-0.2, -0.15) is 13.2 Å². The molecule has 19 heavy (non-hydrogen) atoms. The van der Waals surface area contributed by atoms with Gasteiger partial charge in [-0.1, -0.05) is 13.3 Å². The zero-order chi connectivity index (χ0) is 14.6. The summed E-state index contributed by atoms with van der Waals surface area (Å²) in [6.07, 6.45) is -3.03. The molecule has 0 saturated heterocycles. The van der Waals surface area contributed by atoms with Gasteiger partial charge >= 0.3 is 6.18 Å². The zero-order valence-electron chi connectivity index (χ0n) is 10.2. The summed E-state index contributed by atoms with van der Waals surface area (Å²) in [5, 5.41) is 2.10. The summed E-state index contributed by atoms with van der Waals surface area (Å²) in [4.78, 5) is 24.8. The number of nitrogens with one attached hydrogen (secondary N) is 2. The molecular formula is C11H14F3N3O2. The second kappa shape index (κ2) is 5.87. The minimum atomic E-state index is -4.60. The van der Waals surface area contributed by atoms with Crippen molar-refractivity contribution in [3.8, 4) is 0 Å². The molecule has 1 rings (SSSR count). The maximum absolute atomic E-state index is 12.5. The van der Waals surface area contributed by atoms with Crippen LogP contribution in [0.2, 0.25) is 0 Å². The van der Waals surface area contributed by atoms with Crippen LogP contribution in [0.5, 0.6) is 0 Å². The lowest BCUT2D eigenvalue weighted by Gasteiger charge is -2.12. The quantitative estimate of drug-likeness (QED) is 0.778. The molecule has 0 fully saturated rings. The number of H-pyrrole nitrogens is 1. The van der Waals surface area contributed by atoms with Gasteiger partial charge in [0.25, 0.3) is 5.56 Å². The van der Waals surface area contributed by atoms with Crippen LogP contribution in [0.15, 0.2) is 17.1 Å². The van der Waals surface area contributed by atoms with Gasteiger partial charge in [-0.15, -0.1) is 0 Å². The molecule has 0 aliphatic carbocycles. The lowest BCUT2D eigenvalue weighted by atomic mass is 10.1. The molecule has 4 N–H and O–H groups in total. The maximum atomic E-state index is 12.5. The average molecular weight is 277 g/mol. The number of aromatic nitrogens is 1. The Hall–Kier alpha value is -1.83. The van der Waals surface area contributed by atoms with E-state index in [-0.39, 0.29) is 0 Å². The van der Waals surface area contributed by atoms with E-state index in [1.54, 1.807) is 0 Å². The summed E-state index contributed by atoms with van der Waals surface area (Å²) in [6, 6.07) is -0.283. The first-order chi connectivity index (χ1) is 8.75. The molecule has 0 aliphatic heterocycles. The van der Waals surface area contributed by atoms with Crippen molar-refractivity contribution in [3.63, 3.8) is 0 Å². The number of carbonyl (C=O) groups is 1. The highest BCUT2D eigenvalue weighted by Gasteiger charge is 2.31. The molecule has 1 heterocycles. The third-order valence-electron chi connectivity index (χ3n) is 2.42. The second-order valence-electron chi connectivity index (χ2n) is 4.01. The monoisotopic (exact) mass is 277 g/mol. The highest BCUT2D eigenvalue weighted by Crippen LogP contribution is 2.29. The molecule has 0 aliphatic rings. The van der Waals surface area contributed by atoms with Crippen LogP contribution in [-0.4, -0.2) is 16.9 Å². The molecule has 5 nitrogen and oxygen atoms in total. The number of aromatic amines is 1. The Balaban J connectivity index is 2.95. The number of hydrogen-bond donors (Lipinski definition) is 3. The van der Waals surface area contributed by atoms with Crippen molar-refractivity contribution in [2.45, 2.75) is 32.0 Å². The van der Waals surface area contributed by atoms with Crippen LogP contribution in [0, 0.1) is 0 Å². The highest BCUT2D eigenvalue weighted by atomic mass is 19.4. The maximum Gasteiger partial charge on any atom is 0.417 e. The van der Waals surface area contributed by atoms with Gasteiger partial charge in [0.15, 0.2) is 0 Å². The molecule has 0 unspecified atom stereocenters. The fraction of sp³-hybridized carbons (Fsp3) is 0.455. The van der Waals surface area contributed by atoms with E-state index >= 15 is 0 Å². The van der Waals surface area contributed by atoms with E-state index in [0.717, 1.165) is 0 Å². The standard InChI is InChI=1S/C11H14F3N3O2/c1-2-3-7(15)9(18)17-8-4-6(11(12,13)14)5-16-10(8)19/h4-5,7H,2-3,15H2,1H3,(H,16,19)(H,17,18)/t7-/m0/s1. The van der Waals surface area contributed by atoms with Gasteiger partial charge in [0, 0.05) is 6.20 Å². The predicted octanol–water partition coefficient (Wildman–Crippen LogP) is 1.46. The second-order valence-corrected chi connectivity index (χ2v) is 4.01. The van der Waals surface area contributed by atoms with Gasteiger partial charge in [0.2, 0.25) is 5.91 Å². The summed E-state index contributed by atoms with van der Waals surface area (Å²) in [6.45, 7) is 1.81. The highest BCUT2D eigenvalue weighted by molar-refractivity contribution is 5.94. The topological polar surface area (TPSA) is 88.0 Å². The van der Waals surface area contributed by atoms with Crippen molar-refractivity contribution >= 4 is 11.6 Å². The Morgan fingerprint density at radius 1 is 1.53 bits per heavy atom. The molecule has 1 atom stereocenters. The number of amides is 1. The van der Waals surface area contributed by atoms with Crippen molar-refractivity contribution in [1.82, 2.24) is 4.98 Å². The summed E-state index contributed by atoms with van der Waals surface area (Å²) < 4.78 is 37.4. The Morgan fingerprint density at radius 3 is 2.68 bits per heavy atom. The van der Waals surface area contributed by atoms with E-state index in [1.165, 1.54) is 0 Å². The normalized spacial score (nSPS) is 13.1. The number of anilines is 1. The largest absolute Gasteiger partial charge is 0.417 e. The molecule has 1 aromatic heterocycles. The lowest BCUT2D eigenvalue weighted by molar-refractivity contribution is -0.137.